The molecule has 1 saturated carbocycles. The molecule has 1 saturated heterocycles. The van der Waals surface area contributed by atoms with Gasteiger partial charge in [0.15, 0.2) is 6.10 Å². The molecule has 43 heavy (non-hydrogen) atoms. The van der Waals surface area contributed by atoms with Crippen LogP contribution in [0, 0.1) is 5.92 Å². The first-order valence-electron chi connectivity index (χ1n) is 14.8. The van der Waals surface area contributed by atoms with Gasteiger partial charge in [0.05, 0.1) is 5.75 Å². The summed E-state index contributed by atoms with van der Waals surface area (Å²) in [5.41, 5.74) is -1.56. The van der Waals surface area contributed by atoms with Crippen molar-refractivity contribution in [1.29, 1.82) is 0 Å². The summed E-state index contributed by atoms with van der Waals surface area (Å²) in [5.74, 6) is -2.64. The number of halogens is 1. The van der Waals surface area contributed by atoms with Crippen LogP contribution < -0.4 is 15.4 Å². The second-order valence-electron chi connectivity index (χ2n) is 12.6. The number of rotatable bonds is 5. The number of carbonyl (C=O) groups is 4. The van der Waals surface area contributed by atoms with Crippen molar-refractivity contribution in [2.24, 2.45) is 5.92 Å². The molecule has 1 aliphatic carbocycles. The van der Waals surface area contributed by atoms with Gasteiger partial charge in [0.1, 0.15) is 11.6 Å². The van der Waals surface area contributed by atoms with Crippen molar-refractivity contribution in [2.45, 2.75) is 101 Å². The first-order valence-corrected chi connectivity index (χ1v) is 16.8. The lowest BCUT2D eigenvalue weighted by atomic mass is 10.1. The molecule has 4 amide bonds. The zero-order valence-electron chi connectivity index (χ0n) is 24.9. The van der Waals surface area contributed by atoms with Gasteiger partial charge in [0.2, 0.25) is 15.9 Å². The molecule has 4 rings (SSSR count). The molecule has 0 radical (unpaired) electrons. The molecule has 3 N–H and O–H groups in total. The lowest BCUT2D eigenvalue weighted by molar-refractivity contribution is -0.146. The minimum atomic E-state index is -4.09. The van der Waals surface area contributed by atoms with Crippen LogP contribution in [0.4, 0.5) is 4.79 Å². The number of carbonyl (C=O) groups excluding carboxylic acids is 4. The summed E-state index contributed by atoms with van der Waals surface area (Å²) < 4.78 is 33.6. The molecule has 2 aliphatic heterocycles. The summed E-state index contributed by atoms with van der Waals surface area (Å²) in [6, 6.07) is 5.38. The van der Waals surface area contributed by atoms with Gasteiger partial charge < -0.3 is 20.3 Å². The average Bonchev–Trinajstić information content (AvgIpc) is 3.36. The molecule has 1 aromatic carbocycles. The Balaban J connectivity index is 1.53. The number of amides is 4. The molecule has 0 unspecified atom stereocenters. The van der Waals surface area contributed by atoms with Crippen molar-refractivity contribution in [3.05, 3.63) is 47.0 Å². The zero-order valence-corrected chi connectivity index (χ0v) is 26.4. The molecular formula is C30H41ClN4O7S. The van der Waals surface area contributed by atoms with Gasteiger partial charge in [-0.3, -0.25) is 19.1 Å². The maximum Gasteiger partial charge on any atom is 0.408 e. The average molecular weight is 637 g/mol. The van der Waals surface area contributed by atoms with Gasteiger partial charge >= 0.3 is 6.09 Å². The number of hydrogen-bond donors (Lipinski definition) is 3. The Hall–Kier alpha value is -3.12. The quantitative estimate of drug-likeness (QED) is 0.418. The Morgan fingerprint density at radius 1 is 1.09 bits per heavy atom. The van der Waals surface area contributed by atoms with E-state index in [0.29, 0.717) is 49.2 Å². The maximum absolute atomic E-state index is 13.7. The van der Waals surface area contributed by atoms with Gasteiger partial charge in [-0.25, -0.2) is 13.2 Å². The number of sulfonamides is 1. The highest BCUT2D eigenvalue weighted by molar-refractivity contribution is 7.89. The molecule has 11 nitrogen and oxygen atoms in total. The van der Waals surface area contributed by atoms with Crippen LogP contribution in [-0.2, 0) is 34.9 Å². The third kappa shape index (κ3) is 8.72. The van der Waals surface area contributed by atoms with Crippen molar-refractivity contribution in [3.8, 4) is 0 Å². The van der Waals surface area contributed by atoms with Crippen molar-refractivity contribution in [3.63, 3.8) is 0 Å². The van der Waals surface area contributed by atoms with Crippen LogP contribution in [-0.4, -0.2) is 66.9 Å². The van der Waals surface area contributed by atoms with E-state index in [9.17, 15) is 27.6 Å². The number of alkyl carbamates (subject to hydrolysis) is 1. The van der Waals surface area contributed by atoms with E-state index in [1.807, 2.05) is 12.2 Å². The van der Waals surface area contributed by atoms with Crippen LogP contribution in [0.15, 0.2) is 36.4 Å². The van der Waals surface area contributed by atoms with E-state index in [4.69, 9.17) is 16.3 Å². The summed E-state index contributed by atoms with van der Waals surface area (Å²) in [7, 11) is -4.09. The monoisotopic (exact) mass is 636 g/mol. The second-order valence-corrected chi connectivity index (χ2v) is 14.8. The molecule has 0 spiro atoms. The molecule has 3 aliphatic rings. The molecule has 2 fully saturated rings. The summed E-state index contributed by atoms with van der Waals surface area (Å²) in [6.07, 6.45) is 6.47. The number of allylic oxidation sites excluding steroid dienone is 1. The first-order chi connectivity index (χ1) is 20.2. The van der Waals surface area contributed by atoms with E-state index in [0.717, 1.165) is 12.8 Å². The van der Waals surface area contributed by atoms with Crippen molar-refractivity contribution < 1.29 is 32.3 Å². The third-order valence-corrected chi connectivity index (χ3v) is 9.29. The molecule has 0 aromatic heterocycles. The van der Waals surface area contributed by atoms with Gasteiger partial charge in [-0.15, -0.1) is 0 Å². The molecule has 236 valence electrons. The van der Waals surface area contributed by atoms with Gasteiger partial charge in [-0.1, -0.05) is 42.3 Å². The lowest BCUT2D eigenvalue weighted by Crippen LogP contribution is -2.57. The van der Waals surface area contributed by atoms with E-state index in [1.165, 1.54) is 4.90 Å². The Morgan fingerprint density at radius 3 is 2.51 bits per heavy atom. The number of hydrogen-bond acceptors (Lipinski definition) is 7. The molecule has 13 heteroatoms. The van der Waals surface area contributed by atoms with Crippen LogP contribution in [0.3, 0.4) is 0 Å². The highest BCUT2D eigenvalue weighted by atomic mass is 35.5. The molecule has 0 bridgehead atoms. The number of nitrogens with zero attached hydrogens (tertiary/aromatic N) is 1. The van der Waals surface area contributed by atoms with Crippen molar-refractivity contribution in [1.82, 2.24) is 20.3 Å². The van der Waals surface area contributed by atoms with Crippen LogP contribution in [0.5, 0.6) is 0 Å². The minimum Gasteiger partial charge on any atom is -0.436 e. The number of ether oxygens (including phenoxy) is 1. The Bertz CT molecular complexity index is 1360. The van der Waals surface area contributed by atoms with Crippen LogP contribution in [0.1, 0.15) is 77.7 Å². The highest BCUT2D eigenvalue weighted by Gasteiger charge is 2.61. The standard InChI is InChI=1S/C30H41ClN4O7S/c1-29(2,3)33-28(39)42-24-12-8-6-4-5-7-10-21-18-30(21,32-25(36)23-11-9-17-35(23)26(24)37)27(38)34-43(40,41)19-20-13-15-22(31)16-14-20/h7,10,13-16,21,23-24H,4-6,8-9,11-12,17-19H2,1-3H3,(H,32,36)(H,33,39)(H,34,38)/t21-,23+,24+,30-/m1/s1. The number of nitrogens with one attached hydrogen (secondary N) is 3. The van der Waals surface area contributed by atoms with Crippen LogP contribution in [0.2, 0.25) is 5.02 Å². The first kappa shape index (κ1) is 32.8. The summed E-state index contributed by atoms with van der Waals surface area (Å²) in [6.45, 7) is 5.72. The Morgan fingerprint density at radius 2 is 1.81 bits per heavy atom. The zero-order chi connectivity index (χ0) is 31.4. The summed E-state index contributed by atoms with van der Waals surface area (Å²) >= 11 is 5.90. The van der Waals surface area contributed by atoms with Gasteiger partial charge in [-0.2, -0.15) is 0 Å². The summed E-state index contributed by atoms with van der Waals surface area (Å²) in [5, 5.41) is 5.98. The molecule has 2 heterocycles. The normalized spacial score (nSPS) is 26.7. The van der Waals surface area contributed by atoms with E-state index >= 15 is 0 Å². The van der Waals surface area contributed by atoms with E-state index < -0.39 is 68.7 Å². The van der Waals surface area contributed by atoms with Crippen LogP contribution >= 0.6 is 11.6 Å². The lowest BCUT2D eigenvalue weighted by Gasteiger charge is -2.30. The Kier molecular flexibility index (Phi) is 10.1. The largest absolute Gasteiger partial charge is 0.436 e. The van der Waals surface area contributed by atoms with Crippen molar-refractivity contribution in [2.75, 3.05) is 6.54 Å². The molecular weight excluding hydrogens is 596 g/mol. The highest BCUT2D eigenvalue weighted by Crippen LogP contribution is 2.45. The van der Waals surface area contributed by atoms with Gasteiger partial charge in [0.25, 0.3) is 11.8 Å². The maximum atomic E-state index is 13.7. The van der Waals surface area contributed by atoms with E-state index in [-0.39, 0.29) is 6.42 Å². The molecule has 1 aromatic rings. The fraction of sp³-hybridized carbons (Fsp3) is 0.600. The fourth-order valence-corrected chi connectivity index (χ4v) is 6.86. The smallest absolute Gasteiger partial charge is 0.408 e. The van der Waals surface area contributed by atoms with Gasteiger partial charge in [0, 0.05) is 23.0 Å². The van der Waals surface area contributed by atoms with Gasteiger partial charge in [-0.05, 0) is 83.4 Å². The number of benzene rings is 1. The van der Waals surface area contributed by atoms with E-state index in [2.05, 4.69) is 15.4 Å². The van der Waals surface area contributed by atoms with Crippen LogP contribution in [0.25, 0.3) is 0 Å². The topological polar surface area (TPSA) is 151 Å². The fourth-order valence-electron chi connectivity index (χ4n) is 5.57. The third-order valence-electron chi connectivity index (χ3n) is 7.83. The van der Waals surface area contributed by atoms with E-state index in [1.54, 1.807) is 45.0 Å². The minimum absolute atomic E-state index is 0.233. The Labute approximate surface area is 258 Å². The van der Waals surface area contributed by atoms with Crippen molar-refractivity contribution >= 4 is 45.4 Å². The SMILES string of the molecule is CC(C)(C)NC(=O)O[C@H]1CCCCCC=C[C@@H]2C[C@@]2(C(=O)NS(=O)(=O)Cc2ccc(Cl)cc2)NC(=O)[C@@H]2CCCN2C1=O. The predicted octanol–water partition coefficient (Wildman–Crippen LogP) is 3.57. The molecule has 4 atom stereocenters. The predicted molar refractivity (Wildman–Crippen MR) is 161 cm³/mol. The second kappa shape index (κ2) is 13.3. The summed E-state index contributed by atoms with van der Waals surface area (Å²) in [4.78, 5) is 54.8. The number of fused-ring (bicyclic) bond motifs is 2.